The molecule has 4 nitrogen and oxygen atoms in total. The molecule has 2 rings (SSSR count). The molecule has 0 bridgehead atoms. The molecular formula is C15H17N3O. The molecule has 1 amide bonds. The lowest BCUT2D eigenvalue weighted by molar-refractivity contribution is 0.0920. The fourth-order valence-corrected chi connectivity index (χ4v) is 1.93. The third-order valence-corrected chi connectivity index (χ3v) is 2.91. The Hall–Kier alpha value is -2.23. The monoisotopic (exact) mass is 255 g/mol. The molecule has 1 aromatic carbocycles. The van der Waals surface area contributed by atoms with Crippen LogP contribution in [0.5, 0.6) is 0 Å². The zero-order valence-corrected chi connectivity index (χ0v) is 11.1. The molecule has 0 radical (unpaired) electrons. The van der Waals surface area contributed by atoms with Crippen LogP contribution in [0.15, 0.2) is 48.9 Å². The number of carbonyl (C=O) groups excluding carboxylic acids is 1. The molecule has 1 heterocycles. The molecule has 0 unspecified atom stereocenters. The number of carbonyl (C=O) groups is 1. The molecule has 0 spiro atoms. The molecule has 0 aliphatic carbocycles. The zero-order chi connectivity index (χ0) is 13.7. The van der Waals surface area contributed by atoms with E-state index in [9.17, 15) is 4.79 Å². The maximum atomic E-state index is 12.1. The van der Waals surface area contributed by atoms with Crippen molar-refractivity contribution in [3.05, 3.63) is 60.2 Å². The first kappa shape index (κ1) is 13.2. The van der Waals surface area contributed by atoms with Crippen LogP contribution in [0.2, 0.25) is 0 Å². The molecule has 1 N–H and O–H groups in total. The van der Waals surface area contributed by atoms with Gasteiger partial charge in [-0.1, -0.05) is 44.2 Å². The van der Waals surface area contributed by atoms with Crippen LogP contribution in [0.25, 0.3) is 0 Å². The van der Waals surface area contributed by atoms with Crippen molar-refractivity contribution in [2.45, 2.75) is 19.9 Å². The van der Waals surface area contributed by atoms with E-state index in [4.69, 9.17) is 0 Å². The summed E-state index contributed by atoms with van der Waals surface area (Å²) in [5, 5.41) is 3.01. The summed E-state index contributed by atoms with van der Waals surface area (Å²) in [6.07, 6.45) is 4.54. The van der Waals surface area contributed by atoms with Crippen LogP contribution in [0.1, 0.15) is 35.9 Å². The summed E-state index contributed by atoms with van der Waals surface area (Å²) < 4.78 is 0. The summed E-state index contributed by atoms with van der Waals surface area (Å²) in [5.41, 5.74) is 1.43. The van der Waals surface area contributed by atoms with E-state index >= 15 is 0 Å². The second-order valence-electron chi connectivity index (χ2n) is 4.70. The topological polar surface area (TPSA) is 54.9 Å². The average molecular weight is 255 g/mol. The molecule has 98 valence electrons. The number of rotatable bonds is 4. The average Bonchev–Trinajstić information content (AvgIpc) is 2.46. The molecule has 19 heavy (non-hydrogen) atoms. The minimum atomic E-state index is -0.198. The minimum absolute atomic E-state index is 0.0318. The van der Waals surface area contributed by atoms with Crippen molar-refractivity contribution < 1.29 is 4.79 Å². The second-order valence-corrected chi connectivity index (χ2v) is 4.70. The Morgan fingerprint density at radius 2 is 1.89 bits per heavy atom. The van der Waals surface area contributed by atoms with Crippen molar-refractivity contribution in [2.75, 3.05) is 0 Å². The van der Waals surface area contributed by atoms with E-state index in [2.05, 4.69) is 29.1 Å². The van der Waals surface area contributed by atoms with Crippen molar-refractivity contribution in [3.8, 4) is 0 Å². The van der Waals surface area contributed by atoms with Gasteiger partial charge < -0.3 is 5.32 Å². The van der Waals surface area contributed by atoms with Crippen LogP contribution in [0.4, 0.5) is 0 Å². The van der Waals surface area contributed by atoms with Crippen molar-refractivity contribution in [2.24, 2.45) is 5.92 Å². The van der Waals surface area contributed by atoms with E-state index in [1.54, 1.807) is 6.20 Å². The number of hydrogen-bond acceptors (Lipinski definition) is 3. The van der Waals surface area contributed by atoms with Gasteiger partial charge in [-0.25, -0.2) is 4.98 Å². The van der Waals surface area contributed by atoms with Gasteiger partial charge in [0, 0.05) is 12.4 Å². The van der Waals surface area contributed by atoms with E-state index < -0.39 is 0 Å². The summed E-state index contributed by atoms with van der Waals surface area (Å²) in [7, 11) is 0. The summed E-state index contributed by atoms with van der Waals surface area (Å²) in [6, 6.07) is 9.91. The van der Waals surface area contributed by atoms with Gasteiger partial charge in [0.05, 0.1) is 12.2 Å². The van der Waals surface area contributed by atoms with Crippen molar-refractivity contribution in [1.29, 1.82) is 0 Å². The summed E-state index contributed by atoms with van der Waals surface area (Å²) in [6.45, 7) is 4.16. The Morgan fingerprint density at radius 3 is 2.47 bits per heavy atom. The zero-order valence-electron chi connectivity index (χ0n) is 11.1. The molecule has 1 atom stereocenters. The van der Waals surface area contributed by atoms with Gasteiger partial charge in [-0.05, 0) is 11.5 Å². The summed E-state index contributed by atoms with van der Waals surface area (Å²) in [4.78, 5) is 20.0. The van der Waals surface area contributed by atoms with E-state index in [-0.39, 0.29) is 11.9 Å². The lowest BCUT2D eigenvalue weighted by Crippen LogP contribution is -2.32. The van der Waals surface area contributed by atoms with Gasteiger partial charge in [0.15, 0.2) is 0 Å². The molecule has 0 aliphatic heterocycles. The van der Waals surface area contributed by atoms with Gasteiger partial charge in [-0.3, -0.25) is 9.78 Å². The first-order valence-electron chi connectivity index (χ1n) is 6.30. The first-order chi connectivity index (χ1) is 9.18. The Morgan fingerprint density at radius 1 is 1.16 bits per heavy atom. The van der Waals surface area contributed by atoms with Crippen LogP contribution >= 0.6 is 0 Å². The second kappa shape index (κ2) is 6.09. The molecule has 0 fully saturated rings. The first-order valence-corrected chi connectivity index (χ1v) is 6.30. The van der Waals surface area contributed by atoms with Gasteiger partial charge in [0.1, 0.15) is 5.69 Å². The molecule has 0 saturated carbocycles. The van der Waals surface area contributed by atoms with Crippen molar-refractivity contribution in [1.82, 2.24) is 15.3 Å². The van der Waals surface area contributed by atoms with E-state index in [1.165, 1.54) is 12.4 Å². The number of benzene rings is 1. The van der Waals surface area contributed by atoms with Crippen LogP contribution < -0.4 is 5.32 Å². The van der Waals surface area contributed by atoms with Gasteiger partial charge in [0.25, 0.3) is 5.91 Å². The third-order valence-electron chi connectivity index (χ3n) is 2.91. The molecule has 0 aliphatic rings. The molecule has 0 saturated heterocycles. The van der Waals surface area contributed by atoms with E-state index in [0.717, 1.165) is 5.56 Å². The largest absolute Gasteiger partial charge is 0.344 e. The SMILES string of the molecule is CC(C)[C@@H](NC(=O)c1cnccn1)c1ccccc1. The third kappa shape index (κ3) is 3.37. The van der Waals surface area contributed by atoms with E-state index in [0.29, 0.717) is 11.6 Å². The molecular weight excluding hydrogens is 238 g/mol. The van der Waals surface area contributed by atoms with Gasteiger partial charge in [0.2, 0.25) is 0 Å². The van der Waals surface area contributed by atoms with E-state index in [1.807, 2.05) is 30.3 Å². The number of aromatic nitrogens is 2. The highest BCUT2D eigenvalue weighted by atomic mass is 16.1. The number of amides is 1. The fourth-order valence-electron chi connectivity index (χ4n) is 1.93. The van der Waals surface area contributed by atoms with Gasteiger partial charge >= 0.3 is 0 Å². The van der Waals surface area contributed by atoms with Crippen LogP contribution in [-0.2, 0) is 0 Å². The highest BCUT2D eigenvalue weighted by Crippen LogP contribution is 2.21. The summed E-state index contributed by atoms with van der Waals surface area (Å²) >= 11 is 0. The maximum absolute atomic E-state index is 12.1. The molecule has 2 aromatic rings. The standard InChI is InChI=1S/C15H17N3O/c1-11(2)14(12-6-4-3-5-7-12)18-15(19)13-10-16-8-9-17-13/h3-11,14H,1-2H3,(H,18,19)/t14-/m1/s1. The van der Waals surface area contributed by atoms with Gasteiger partial charge in [-0.2, -0.15) is 0 Å². The number of nitrogens with one attached hydrogen (secondary N) is 1. The number of nitrogens with zero attached hydrogens (tertiary/aromatic N) is 2. The smallest absolute Gasteiger partial charge is 0.271 e. The quantitative estimate of drug-likeness (QED) is 0.913. The Labute approximate surface area is 112 Å². The Balaban J connectivity index is 2.17. The number of hydrogen-bond donors (Lipinski definition) is 1. The Kier molecular flexibility index (Phi) is 4.23. The summed E-state index contributed by atoms with van der Waals surface area (Å²) in [5.74, 6) is 0.0960. The highest BCUT2D eigenvalue weighted by Gasteiger charge is 2.19. The predicted molar refractivity (Wildman–Crippen MR) is 73.5 cm³/mol. The normalized spacial score (nSPS) is 12.2. The molecule has 1 aromatic heterocycles. The minimum Gasteiger partial charge on any atom is -0.344 e. The fraction of sp³-hybridized carbons (Fsp3) is 0.267. The lowest BCUT2D eigenvalue weighted by Gasteiger charge is -2.22. The van der Waals surface area contributed by atoms with Crippen LogP contribution in [0.3, 0.4) is 0 Å². The Bertz CT molecular complexity index is 526. The molecule has 4 heteroatoms. The van der Waals surface area contributed by atoms with Crippen LogP contribution in [0, 0.1) is 5.92 Å². The van der Waals surface area contributed by atoms with Crippen LogP contribution in [-0.4, -0.2) is 15.9 Å². The lowest BCUT2D eigenvalue weighted by atomic mass is 9.96. The van der Waals surface area contributed by atoms with Crippen molar-refractivity contribution in [3.63, 3.8) is 0 Å². The van der Waals surface area contributed by atoms with Gasteiger partial charge in [-0.15, -0.1) is 0 Å². The van der Waals surface area contributed by atoms with Crippen molar-refractivity contribution >= 4 is 5.91 Å². The maximum Gasteiger partial charge on any atom is 0.271 e. The highest BCUT2D eigenvalue weighted by molar-refractivity contribution is 5.92. The predicted octanol–water partition coefficient (Wildman–Crippen LogP) is 2.60.